The Balaban J connectivity index is 1.85. The minimum Gasteiger partial charge on any atom is -0.469 e. The molecule has 1 atom stereocenters. The molecule has 1 amide bonds. The molecule has 0 saturated carbocycles. The zero-order valence-electron chi connectivity index (χ0n) is 12.2. The number of ether oxygens (including phenoxy) is 1. The van der Waals surface area contributed by atoms with Gasteiger partial charge >= 0.3 is 5.97 Å². The minimum atomic E-state index is -0.276. The number of carbonyl (C=O) groups is 2. The van der Waals surface area contributed by atoms with E-state index >= 15 is 0 Å². The first-order valence-corrected chi connectivity index (χ1v) is 7.20. The summed E-state index contributed by atoms with van der Waals surface area (Å²) in [6.07, 6.45) is 2.55. The number of carbonyl (C=O) groups excluding carboxylic acids is 2. The highest BCUT2D eigenvalue weighted by atomic mass is 19.1. The molecule has 2 rings (SSSR count). The van der Waals surface area contributed by atoms with Crippen molar-refractivity contribution in [3.05, 3.63) is 35.6 Å². The topological polar surface area (TPSA) is 46.6 Å². The van der Waals surface area contributed by atoms with E-state index in [4.69, 9.17) is 4.74 Å². The van der Waals surface area contributed by atoms with Crippen LogP contribution in [0.3, 0.4) is 0 Å². The highest BCUT2D eigenvalue weighted by Crippen LogP contribution is 2.19. The lowest BCUT2D eigenvalue weighted by molar-refractivity contribution is -0.149. The van der Waals surface area contributed by atoms with Gasteiger partial charge in [-0.25, -0.2) is 4.39 Å². The Kier molecular flexibility index (Phi) is 5.31. The predicted octanol–water partition coefficient (Wildman–Crippen LogP) is 2.17. The van der Waals surface area contributed by atoms with E-state index in [1.54, 1.807) is 17.0 Å². The van der Waals surface area contributed by atoms with E-state index in [1.165, 1.54) is 19.2 Å². The van der Waals surface area contributed by atoms with Crippen molar-refractivity contribution < 1.29 is 18.7 Å². The highest BCUT2D eigenvalue weighted by Gasteiger charge is 2.28. The van der Waals surface area contributed by atoms with Gasteiger partial charge in [-0.2, -0.15) is 0 Å². The van der Waals surface area contributed by atoms with Gasteiger partial charge in [0.15, 0.2) is 0 Å². The monoisotopic (exact) mass is 293 g/mol. The maximum atomic E-state index is 12.8. The number of halogens is 1. The van der Waals surface area contributed by atoms with Gasteiger partial charge in [0.05, 0.1) is 13.0 Å². The molecule has 1 aromatic rings. The van der Waals surface area contributed by atoms with Crippen LogP contribution >= 0.6 is 0 Å². The molecule has 0 unspecified atom stereocenters. The third-order valence-corrected chi connectivity index (χ3v) is 3.85. The second-order valence-electron chi connectivity index (χ2n) is 5.33. The molecule has 0 aromatic heterocycles. The molecular formula is C16H20FNO3. The van der Waals surface area contributed by atoms with Gasteiger partial charge in [0.1, 0.15) is 5.82 Å². The third-order valence-electron chi connectivity index (χ3n) is 3.85. The summed E-state index contributed by atoms with van der Waals surface area (Å²) in [6.45, 7) is 1.13. The number of benzene rings is 1. The van der Waals surface area contributed by atoms with Crippen LogP contribution in [0.2, 0.25) is 0 Å². The Morgan fingerprint density at radius 1 is 1.33 bits per heavy atom. The van der Waals surface area contributed by atoms with Crippen LogP contribution < -0.4 is 0 Å². The molecule has 1 aliphatic rings. The number of esters is 1. The van der Waals surface area contributed by atoms with Crippen molar-refractivity contribution in [2.45, 2.75) is 25.7 Å². The second kappa shape index (κ2) is 7.20. The molecule has 0 bridgehead atoms. The fourth-order valence-electron chi connectivity index (χ4n) is 2.62. The van der Waals surface area contributed by atoms with Crippen molar-refractivity contribution in [1.29, 1.82) is 0 Å². The molecule has 21 heavy (non-hydrogen) atoms. The highest BCUT2D eigenvalue weighted by molar-refractivity contribution is 5.78. The number of likely N-dealkylation sites (tertiary alicyclic amines) is 1. The van der Waals surface area contributed by atoms with Crippen LogP contribution in [0.5, 0.6) is 0 Å². The van der Waals surface area contributed by atoms with Gasteiger partial charge in [0, 0.05) is 19.5 Å². The summed E-state index contributed by atoms with van der Waals surface area (Å²) >= 11 is 0. The number of methoxy groups -OCH3 is 1. The molecule has 5 heteroatoms. The van der Waals surface area contributed by atoms with Gasteiger partial charge in [0.2, 0.25) is 5.91 Å². The Morgan fingerprint density at radius 2 is 2.05 bits per heavy atom. The lowest BCUT2D eigenvalue weighted by atomic mass is 9.97. The molecule has 0 spiro atoms. The lowest BCUT2D eigenvalue weighted by Crippen LogP contribution is -2.42. The third kappa shape index (κ3) is 4.28. The zero-order valence-corrected chi connectivity index (χ0v) is 12.2. The number of aryl methyl sites for hydroxylation is 1. The number of hydrogen-bond acceptors (Lipinski definition) is 3. The summed E-state index contributed by atoms with van der Waals surface area (Å²) in [4.78, 5) is 25.5. The number of hydrogen-bond donors (Lipinski definition) is 0. The predicted molar refractivity (Wildman–Crippen MR) is 76.0 cm³/mol. The maximum absolute atomic E-state index is 12.8. The summed E-state index contributed by atoms with van der Waals surface area (Å²) in [5.74, 6) is -0.695. The van der Waals surface area contributed by atoms with Crippen LogP contribution in [0.1, 0.15) is 24.8 Å². The van der Waals surface area contributed by atoms with Crippen LogP contribution in [0.15, 0.2) is 24.3 Å². The van der Waals surface area contributed by atoms with Gasteiger partial charge in [-0.15, -0.1) is 0 Å². The molecule has 0 aliphatic carbocycles. The average molecular weight is 293 g/mol. The van der Waals surface area contributed by atoms with Crippen LogP contribution in [0, 0.1) is 11.7 Å². The van der Waals surface area contributed by atoms with E-state index in [0.29, 0.717) is 25.9 Å². The summed E-state index contributed by atoms with van der Waals surface area (Å²) in [5, 5.41) is 0. The number of rotatable bonds is 4. The molecule has 1 heterocycles. The number of piperidine rings is 1. The van der Waals surface area contributed by atoms with E-state index in [-0.39, 0.29) is 23.6 Å². The van der Waals surface area contributed by atoms with Gasteiger partial charge in [0.25, 0.3) is 0 Å². The summed E-state index contributed by atoms with van der Waals surface area (Å²) < 4.78 is 17.6. The minimum absolute atomic E-state index is 0.0351. The Bertz CT molecular complexity index is 501. The molecule has 4 nitrogen and oxygen atoms in total. The fourth-order valence-corrected chi connectivity index (χ4v) is 2.62. The molecule has 0 N–H and O–H groups in total. The molecule has 0 radical (unpaired) electrons. The Morgan fingerprint density at radius 3 is 2.71 bits per heavy atom. The van der Waals surface area contributed by atoms with E-state index in [0.717, 1.165) is 18.4 Å². The summed E-state index contributed by atoms with van der Waals surface area (Å²) in [6, 6.07) is 6.17. The van der Waals surface area contributed by atoms with E-state index in [1.807, 2.05) is 0 Å². The quantitative estimate of drug-likeness (QED) is 0.799. The molecular weight excluding hydrogens is 273 g/mol. The zero-order chi connectivity index (χ0) is 15.2. The largest absolute Gasteiger partial charge is 0.469 e. The first kappa shape index (κ1) is 15.5. The van der Waals surface area contributed by atoms with Gasteiger partial charge < -0.3 is 9.64 Å². The van der Waals surface area contributed by atoms with Crippen molar-refractivity contribution >= 4 is 11.9 Å². The lowest BCUT2D eigenvalue weighted by Gasteiger charge is -2.31. The Hall–Kier alpha value is -1.91. The normalized spacial score (nSPS) is 18.4. The van der Waals surface area contributed by atoms with Crippen LogP contribution in [-0.4, -0.2) is 37.0 Å². The molecule has 114 valence electrons. The standard InChI is InChI=1S/C16H20FNO3/c1-21-16(20)13-3-2-10-18(11-13)15(19)9-6-12-4-7-14(17)8-5-12/h4-5,7-8,13H,2-3,6,9-11H2,1H3/t13-/m0/s1. The average Bonchev–Trinajstić information content (AvgIpc) is 2.53. The molecule has 1 fully saturated rings. The molecule has 1 saturated heterocycles. The number of nitrogens with zero attached hydrogens (tertiary/aromatic N) is 1. The first-order valence-electron chi connectivity index (χ1n) is 7.20. The van der Waals surface area contributed by atoms with Crippen molar-refractivity contribution in [2.24, 2.45) is 5.92 Å². The van der Waals surface area contributed by atoms with Crippen LogP contribution in [-0.2, 0) is 20.7 Å². The van der Waals surface area contributed by atoms with Crippen molar-refractivity contribution in [3.8, 4) is 0 Å². The van der Waals surface area contributed by atoms with Gasteiger partial charge in [-0.05, 0) is 37.0 Å². The molecule has 1 aromatic carbocycles. The van der Waals surface area contributed by atoms with Crippen molar-refractivity contribution in [1.82, 2.24) is 4.90 Å². The maximum Gasteiger partial charge on any atom is 0.310 e. The van der Waals surface area contributed by atoms with Crippen molar-refractivity contribution in [3.63, 3.8) is 0 Å². The second-order valence-corrected chi connectivity index (χ2v) is 5.33. The van der Waals surface area contributed by atoms with Crippen LogP contribution in [0.4, 0.5) is 4.39 Å². The smallest absolute Gasteiger partial charge is 0.310 e. The van der Waals surface area contributed by atoms with E-state index in [9.17, 15) is 14.0 Å². The Labute approximate surface area is 123 Å². The number of amides is 1. The fraction of sp³-hybridized carbons (Fsp3) is 0.500. The van der Waals surface area contributed by atoms with Gasteiger partial charge in [-0.1, -0.05) is 12.1 Å². The summed E-state index contributed by atoms with van der Waals surface area (Å²) in [7, 11) is 1.37. The SMILES string of the molecule is COC(=O)[C@H]1CCCN(C(=O)CCc2ccc(F)cc2)C1. The summed E-state index contributed by atoms with van der Waals surface area (Å²) in [5.41, 5.74) is 0.936. The van der Waals surface area contributed by atoms with Crippen LogP contribution in [0.25, 0.3) is 0 Å². The van der Waals surface area contributed by atoms with Gasteiger partial charge in [-0.3, -0.25) is 9.59 Å². The first-order chi connectivity index (χ1) is 10.1. The van der Waals surface area contributed by atoms with Crippen molar-refractivity contribution in [2.75, 3.05) is 20.2 Å². The van der Waals surface area contributed by atoms with E-state index in [2.05, 4.69) is 0 Å². The molecule has 1 aliphatic heterocycles. The van der Waals surface area contributed by atoms with E-state index < -0.39 is 0 Å².